The fourth-order valence-corrected chi connectivity index (χ4v) is 2.92. The predicted octanol–water partition coefficient (Wildman–Crippen LogP) is 2.66. The molecule has 2 aromatic carbocycles. The third-order valence-electron chi connectivity index (χ3n) is 4.12. The van der Waals surface area contributed by atoms with Gasteiger partial charge < -0.3 is 19.7 Å². The number of benzene rings is 2. The van der Waals surface area contributed by atoms with Crippen LogP contribution in [0.1, 0.15) is 6.42 Å². The van der Waals surface area contributed by atoms with Crippen LogP contribution in [0.15, 0.2) is 54.6 Å². The number of hydrogen-bond donors (Lipinski definition) is 1. The molecule has 1 saturated heterocycles. The Morgan fingerprint density at radius 3 is 2.81 bits per heavy atom. The van der Waals surface area contributed by atoms with Crippen molar-refractivity contribution in [3.05, 3.63) is 59.6 Å². The molecule has 1 aliphatic heterocycles. The van der Waals surface area contributed by atoms with Crippen molar-refractivity contribution in [2.24, 2.45) is 0 Å². The van der Waals surface area contributed by atoms with Crippen molar-refractivity contribution < 1.29 is 19.1 Å². The van der Waals surface area contributed by atoms with Crippen LogP contribution in [0.5, 0.6) is 5.75 Å². The molecule has 1 heterocycles. The van der Waals surface area contributed by atoms with Crippen LogP contribution in [0.25, 0.3) is 0 Å². The SMILES string of the molecule is O=C(CCOc1ccccc1)NCC1CN(c2cccc(Cl)c2)C(=O)CO1. The lowest BCUT2D eigenvalue weighted by Gasteiger charge is -2.33. The van der Waals surface area contributed by atoms with Gasteiger partial charge in [-0.1, -0.05) is 35.9 Å². The van der Waals surface area contributed by atoms with E-state index >= 15 is 0 Å². The molecule has 3 rings (SSSR count). The summed E-state index contributed by atoms with van der Waals surface area (Å²) in [4.78, 5) is 25.7. The Balaban J connectivity index is 1.43. The lowest BCUT2D eigenvalue weighted by Crippen LogP contribution is -2.50. The molecule has 7 heteroatoms. The van der Waals surface area contributed by atoms with E-state index in [4.69, 9.17) is 21.1 Å². The number of anilines is 1. The van der Waals surface area contributed by atoms with Gasteiger partial charge in [0.1, 0.15) is 12.4 Å². The first-order valence-corrected chi connectivity index (χ1v) is 9.12. The maximum Gasteiger partial charge on any atom is 0.253 e. The minimum Gasteiger partial charge on any atom is -0.493 e. The number of para-hydroxylation sites is 1. The smallest absolute Gasteiger partial charge is 0.253 e. The summed E-state index contributed by atoms with van der Waals surface area (Å²) in [7, 11) is 0. The summed E-state index contributed by atoms with van der Waals surface area (Å²) in [6.45, 7) is 0.965. The second-order valence-electron chi connectivity index (χ2n) is 6.13. The molecule has 0 bridgehead atoms. The molecule has 142 valence electrons. The maximum atomic E-state index is 12.1. The molecule has 0 aliphatic carbocycles. The predicted molar refractivity (Wildman–Crippen MR) is 103 cm³/mol. The van der Waals surface area contributed by atoms with Crippen molar-refractivity contribution in [1.82, 2.24) is 5.32 Å². The summed E-state index contributed by atoms with van der Waals surface area (Å²) < 4.78 is 11.0. The van der Waals surface area contributed by atoms with Gasteiger partial charge in [0.15, 0.2) is 0 Å². The van der Waals surface area contributed by atoms with E-state index in [9.17, 15) is 9.59 Å². The molecule has 0 radical (unpaired) electrons. The summed E-state index contributed by atoms with van der Waals surface area (Å²) in [5, 5.41) is 3.39. The topological polar surface area (TPSA) is 67.9 Å². The van der Waals surface area contributed by atoms with E-state index in [-0.39, 0.29) is 30.9 Å². The Kier molecular flexibility index (Phi) is 6.68. The van der Waals surface area contributed by atoms with Gasteiger partial charge in [-0.15, -0.1) is 0 Å². The van der Waals surface area contributed by atoms with Crippen molar-refractivity contribution in [1.29, 1.82) is 0 Å². The van der Waals surface area contributed by atoms with E-state index in [1.807, 2.05) is 36.4 Å². The van der Waals surface area contributed by atoms with Crippen LogP contribution in [-0.2, 0) is 14.3 Å². The van der Waals surface area contributed by atoms with Crippen molar-refractivity contribution in [3.8, 4) is 5.75 Å². The lowest BCUT2D eigenvalue weighted by atomic mass is 10.2. The molecule has 1 atom stereocenters. The number of ether oxygens (including phenoxy) is 2. The van der Waals surface area contributed by atoms with Crippen LogP contribution in [0.2, 0.25) is 5.02 Å². The molecule has 0 saturated carbocycles. The lowest BCUT2D eigenvalue weighted by molar-refractivity contribution is -0.129. The molecule has 1 unspecified atom stereocenters. The third-order valence-corrected chi connectivity index (χ3v) is 4.35. The van der Waals surface area contributed by atoms with E-state index in [0.717, 1.165) is 11.4 Å². The molecule has 0 aromatic heterocycles. The minimum atomic E-state index is -0.277. The zero-order chi connectivity index (χ0) is 19.1. The molecule has 0 spiro atoms. The van der Waals surface area contributed by atoms with Crippen LogP contribution < -0.4 is 15.0 Å². The Morgan fingerprint density at radius 1 is 1.22 bits per heavy atom. The summed E-state index contributed by atoms with van der Waals surface area (Å²) in [6.07, 6.45) is -0.0286. The molecule has 2 aromatic rings. The molecule has 2 amide bonds. The molecular weight excluding hydrogens is 368 g/mol. The largest absolute Gasteiger partial charge is 0.493 e. The van der Waals surface area contributed by atoms with Crippen molar-refractivity contribution in [2.45, 2.75) is 12.5 Å². The van der Waals surface area contributed by atoms with Gasteiger partial charge in [-0.05, 0) is 30.3 Å². The first kappa shape index (κ1) is 19.2. The average molecular weight is 389 g/mol. The van der Waals surface area contributed by atoms with Gasteiger partial charge in [0, 0.05) is 17.3 Å². The van der Waals surface area contributed by atoms with Crippen LogP contribution in [0, 0.1) is 0 Å². The number of carbonyl (C=O) groups excluding carboxylic acids is 2. The summed E-state index contributed by atoms with van der Waals surface area (Å²) in [5.41, 5.74) is 0.725. The van der Waals surface area contributed by atoms with Gasteiger partial charge in [0.2, 0.25) is 5.91 Å². The molecule has 1 fully saturated rings. The van der Waals surface area contributed by atoms with Gasteiger partial charge in [-0.2, -0.15) is 0 Å². The molecule has 27 heavy (non-hydrogen) atoms. The number of morpholine rings is 1. The zero-order valence-corrected chi connectivity index (χ0v) is 15.5. The Morgan fingerprint density at radius 2 is 2.04 bits per heavy atom. The highest BCUT2D eigenvalue weighted by Gasteiger charge is 2.27. The van der Waals surface area contributed by atoms with Gasteiger partial charge in [-0.25, -0.2) is 0 Å². The van der Waals surface area contributed by atoms with Crippen molar-refractivity contribution in [3.63, 3.8) is 0 Å². The summed E-state index contributed by atoms with van der Waals surface area (Å²) >= 11 is 6.01. The zero-order valence-electron chi connectivity index (χ0n) is 14.8. The summed E-state index contributed by atoms with van der Waals surface area (Å²) in [5.74, 6) is 0.480. The molecule has 6 nitrogen and oxygen atoms in total. The Bertz CT molecular complexity index is 785. The number of rotatable bonds is 7. The minimum absolute atomic E-state index is 0.0236. The van der Waals surface area contributed by atoms with Crippen molar-refractivity contribution >= 4 is 29.1 Å². The quantitative estimate of drug-likeness (QED) is 0.791. The van der Waals surface area contributed by atoms with Gasteiger partial charge in [0.25, 0.3) is 5.91 Å². The highest BCUT2D eigenvalue weighted by Crippen LogP contribution is 2.22. The number of halogens is 1. The Hall–Kier alpha value is -2.57. The van der Waals surface area contributed by atoms with Gasteiger partial charge in [0.05, 0.1) is 25.7 Å². The van der Waals surface area contributed by atoms with Crippen LogP contribution in [0.4, 0.5) is 5.69 Å². The fraction of sp³-hybridized carbons (Fsp3) is 0.300. The van der Waals surface area contributed by atoms with E-state index in [1.165, 1.54) is 0 Å². The second kappa shape index (κ2) is 9.39. The van der Waals surface area contributed by atoms with Gasteiger partial charge in [-0.3, -0.25) is 9.59 Å². The number of hydrogen-bond acceptors (Lipinski definition) is 4. The highest BCUT2D eigenvalue weighted by molar-refractivity contribution is 6.30. The van der Waals surface area contributed by atoms with E-state index in [1.54, 1.807) is 23.1 Å². The number of nitrogens with one attached hydrogen (secondary N) is 1. The molecular formula is C20H21ClN2O4. The van der Waals surface area contributed by atoms with E-state index < -0.39 is 0 Å². The molecule has 1 aliphatic rings. The maximum absolute atomic E-state index is 12.1. The van der Waals surface area contributed by atoms with Gasteiger partial charge >= 0.3 is 0 Å². The summed E-state index contributed by atoms with van der Waals surface area (Å²) in [6, 6.07) is 16.5. The van der Waals surface area contributed by atoms with E-state index in [0.29, 0.717) is 24.7 Å². The van der Waals surface area contributed by atoms with E-state index in [2.05, 4.69) is 5.32 Å². The van der Waals surface area contributed by atoms with Crippen LogP contribution >= 0.6 is 11.6 Å². The fourth-order valence-electron chi connectivity index (χ4n) is 2.74. The monoisotopic (exact) mass is 388 g/mol. The first-order chi connectivity index (χ1) is 13.1. The third kappa shape index (κ3) is 5.70. The molecule has 1 N–H and O–H groups in total. The van der Waals surface area contributed by atoms with Crippen LogP contribution in [-0.4, -0.2) is 44.2 Å². The van der Waals surface area contributed by atoms with Crippen LogP contribution in [0.3, 0.4) is 0 Å². The standard InChI is InChI=1S/C20H21ClN2O4/c21-15-5-4-6-16(11-15)23-13-18(27-14-20(23)25)12-22-19(24)9-10-26-17-7-2-1-3-8-17/h1-8,11,18H,9-10,12-14H2,(H,22,24). The normalized spacial score (nSPS) is 16.9. The number of carbonyl (C=O) groups is 2. The average Bonchev–Trinajstić information content (AvgIpc) is 2.68. The Labute approximate surface area is 163 Å². The number of amides is 2. The second-order valence-corrected chi connectivity index (χ2v) is 6.57. The highest BCUT2D eigenvalue weighted by atomic mass is 35.5. The first-order valence-electron chi connectivity index (χ1n) is 8.74. The number of nitrogens with zero attached hydrogens (tertiary/aromatic N) is 1. The van der Waals surface area contributed by atoms with Crippen molar-refractivity contribution in [2.75, 3.05) is 31.2 Å².